The lowest BCUT2D eigenvalue weighted by atomic mass is 9.72. The first-order valence-electron chi connectivity index (χ1n) is 10.7. The Balaban J connectivity index is 1.60. The second kappa shape index (κ2) is 7.21. The van der Waals surface area contributed by atoms with E-state index in [9.17, 15) is 4.79 Å². The molecule has 6 heteroatoms. The Hall–Kier alpha value is -1.40. The number of carbonyl (C=O) groups excluding carboxylic acids is 1. The normalized spacial score (nSPS) is 28.4. The first kappa shape index (κ1) is 18.9. The minimum atomic E-state index is -0.000621. The lowest BCUT2D eigenvalue weighted by Gasteiger charge is -2.47. The van der Waals surface area contributed by atoms with Crippen molar-refractivity contribution in [3.8, 4) is 0 Å². The summed E-state index contributed by atoms with van der Waals surface area (Å²) < 4.78 is 7.98. The number of piperidine rings is 2. The van der Waals surface area contributed by atoms with E-state index in [0.717, 1.165) is 56.8 Å². The van der Waals surface area contributed by atoms with E-state index in [2.05, 4.69) is 37.6 Å². The van der Waals surface area contributed by atoms with Crippen LogP contribution in [0.15, 0.2) is 0 Å². The fourth-order valence-electron chi connectivity index (χ4n) is 5.36. The second-order valence-corrected chi connectivity index (χ2v) is 8.95. The standard InChI is InChI=1S/C21H34N4O2/c1-5-25-19-16(3)27-15(2)13-17(19)18(22-25)20(26)24-10-6-7-21(14-24)8-11-23(4)12-9-21/h15-16H,5-14H2,1-4H3/t15-,16+/m1/s1. The van der Waals surface area contributed by atoms with E-state index in [-0.39, 0.29) is 18.1 Å². The summed E-state index contributed by atoms with van der Waals surface area (Å²) in [5.41, 5.74) is 3.22. The van der Waals surface area contributed by atoms with Crippen LogP contribution in [0.4, 0.5) is 0 Å². The van der Waals surface area contributed by atoms with Crippen LogP contribution < -0.4 is 0 Å². The minimum Gasteiger partial charge on any atom is -0.369 e. The molecule has 6 nitrogen and oxygen atoms in total. The molecule has 0 radical (unpaired) electrons. The summed E-state index contributed by atoms with van der Waals surface area (Å²) in [7, 11) is 2.20. The lowest BCUT2D eigenvalue weighted by Crippen LogP contribution is -2.50. The third-order valence-electron chi connectivity index (χ3n) is 6.91. The van der Waals surface area contributed by atoms with E-state index in [4.69, 9.17) is 9.84 Å². The zero-order valence-electron chi connectivity index (χ0n) is 17.3. The van der Waals surface area contributed by atoms with Gasteiger partial charge in [-0.25, -0.2) is 0 Å². The quantitative estimate of drug-likeness (QED) is 0.799. The molecule has 1 aromatic rings. The van der Waals surface area contributed by atoms with Crippen molar-refractivity contribution in [3.63, 3.8) is 0 Å². The number of nitrogens with zero attached hydrogens (tertiary/aromatic N) is 4. The van der Waals surface area contributed by atoms with Gasteiger partial charge in [-0.05, 0) is 72.0 Å². The van der Waals surface area contributed by atoms with Gasteiger partial charge in [0.2, 0.25) is 0 Å². The van der Waals surface area contributed by atoms with Crippen molar-refractivity contribution in [2.24, 2.45) is 5.41 Å². The van der Waals surface area contributed by atoms with E-state index in [1.807, 2.05) is 4.68 Å². The van der Waals surface area contributed by atoms with E-state index in [1.165, 1.54) is 19.3 Å². The maximum absolute atomic E-state index is 13.5. The highest BCUT2D eigenvalue weighted by Crippen LogP contribution is 2.40. The topological polar surface area (TPSA) is 50.6 Å². The largest absolute Gasteiger partial charge is 0.369 e. The molecule has 0 saturated carbocycles. The highest BCUT2D eigenvalue weighted by atomic mass is 16.5. The maximum Gasteiger partial charge on any atom is 0.274 e. The number of hydrogen-bond donors (Lipinski definition) is 0. The zero-order valence-corrected chi connectivity index (χ0v) is 17.3. The molecule has 4 heterocycles. The third-order valence-corrected chi connectivity index (χ3v) is 6.91. The van der Waals surface area contributed by atoms with Gasteiger partial charge in [0.25, 0.3) is 5.91 Å². The average molecular weight is 375 g/mol. The van der Waals surface area contributed by atoms with E-state index < -0.39 is 0 Å². The van der Waals surface area contributed by atoms with Crippen molar-refractivity contribution < 1.29 is 9.53 Å². The summed E-state index contributed by atoms with van der Waals surface area (Å²) in [6, 6.07) is 0. The van der Waals surface area contributed by atoms with Crippen molar-refractivity contribution in [2.75, 3.05) is 33.2 Å². The van der Waals surface area contributed by atoms with Gasteiger partial charge in [0.1, 0.15) is 0 Å². The van der Waals surface area contributed by atoms with Crippen LogP contribution in [-0.4, -0.2) is 64.8 Å². The third kappa shape index (κ3) is 3.42. The van der Waals surface area contributed by atoms with Crippen LogP contribution in [0.1, 0.15) is 74.3 Å². The molecule has 3 aliphatic heterocycles. The molecule has 4 rings (SSSR count). The summed E-state index contributed by atoms with van der Waals surface area (Å²) >= 11 is 0. The van der Waals surface area contributed by atoms with Crippen LogP contribution in [0.3, 0.4) is 0 Å². The lowest BCUT2D eigenvalue weighted by molar-refractivity contribution is -0.00960. The molecular weight excluding hydrogens is 340 g/mol. The molecule has 1 amide bonds. The van der Waals surface area contributed by atoms with Crippen LogP contribution in [0.5, 0.6) is 0 Å². The molecule has 1 aromatic heterocycles. The van der Waals surface area contributed by atoms with Crippen molar-refractivity contribution in [2.45, 2.75) is 71.6 Å². The van der Waals surface area contributed by atoms with Crippen LogP contribution in [-0.2, 0) is 17.7 Å². The van der Waals surface area contributed by atoms with Gasteiger partial charge in [0.05, 0.1) is 17.9 Å². The molecule has 2 saturated heterocycles. The van der Waals surface area contributed by atoms with Crippen molar-refractivity contribution in [1.82, 2.24) is 19.6 Å². The molecule has 2 atom stereocenters. The number of carbonyl (C=O) groups is 1. The predicted molar refractivity (Wildman–Crippen MR) is 105 cm³/mol. The minimum absolute atomic E-state index is 0.000621. The Morgan fingerprint density at radius 3 is 2.67 bits per heavy atom. The van der Waals surface area contributed by atoms with Gasteiger partial charge in [-0.2, -0.15) is 5.10 Å². The Labute approximate surface area is 162 Å². The average Bonchev–Trinajstić information content (AvgIpc) is 3.03. The first-order chi connectivity index (χ1) is 12.9. The molecule has 0 bridgehead atoms. The number of aromatic nitrogens is 2. The van der Waals surface area contributed by atoms with Crippen molar-refractivity contribution in [1.29, 1.82) is 0 Å². The number of likely N-dealkylation sites (tertiary alicyclic amines) is 2. The molecule has 150 valence electrons. The van der Waals surface area contributed by atoms with Crippen molar-refractivity contribution >= 4 is 5.91 Å². The van der Waals surface area contributed by atoms with Gasteiger partial charge in [0, 0.05) is 31.6 Å². The summed E-state index contributed by atoms with van der Waals surface area (Å²) in [6.45, 7) is 11.1. The fourth-order valence-corrected chi connectivity index (χ4v) is 5.36. The van der Waals surface area contributed by atoms with Crippen LogP contribution in [0, 0.1) is 5.41 Å². The van der Waals surface area contributed by atoms with Gasteiger partial charge in [-0.15, -0.1) is 0 Å². The van der Waals surface area contributed by atoms with E-state index >= 15 is 0 Å². The molecule has 3 aliphatic rings. The molecular formula is C21H34N4O2. The Morgan fingerprint density at radius 1 is 1.22 bits per heavy atom. The van der Waals surface area contributed by atoms with E-state index in [0.29, 0.717) is 11.1 Å². The number of ether oxygens (including phenoxy) is 1. The second-order valence-electron chi connectivity index (χ2n) is 8.95. The molecule has 1 spiro atoms. The number of rotatable bonds is 2. The molecule has 2 fully saturated rings. The summed E-state index contributed by atoms with van der Waals surface area (Å²) in [5, 5.41) is 4.75. The van der Waals surface area contributed by atoms with Gasteiger partial charge in [-0.1, -0.05) is 0 Å². The van der Waals surface area contributed by atoms with Gasteiger partial charge < -0.3 is 14.5 Å². The monoisotopic (exact) mass is 374 g/mol. The first-order valence-corrected chi connectivity index (χ1v) is 10.7. The maximum atomic E-state index is 13.5. The Morgan fingerprint density at radius 2 is 1.96 bits per heavy atom. The number of aryl methyl sites for hydroxylation is 1. The summed E-state index contributed by atoms with van der Waals surface area (Å²) in [5.74, 6) is 0.137. The summed E-state index contributed by atoms with van der Waals surface area (Å²) in [4.78, 5) is 18.0. The highest BCUT2D eigenvalue weighted by molar-refractivity contribution is 5.94. The number of amides is 1. The van der Waals surface area contributed by atoms with Gasteiger partial charge in [-0.3, -0.25) is 9.48 Å². The van der Waals surface area contributed by atoms with E-state index in [1.54, 1.807) is 0 Å². The smallest absolute Gasteiger partial charge is 0.274 e. The zero-order chi connectivity index (χ0) is 19.2. The fraction of sp³-hybridized carbons (Fsp3) is 0.810. The number of hydrogen-bond acceptors (Lipinski definition) is 4. The predicted octanol–water partition coefficient (Wildman–Crippen LogP) is 2.87. The molecule has 0 N–H and O–H groups in total. The van der Waals surface area contributed by atoms with Crippen LogP contribution in [0.25, 0.3) is 0 Å². The summed E-state index contributed by atoms with van der Waals surface area (Å²) in [6.07, 6.45) is 5.70. The van der Waals surface area contributed by atoms with Gasteiger partial charge >= 0.3 is 0 Å². The molecule has 27 heavy (non-hydrogen) atoms. The van der Waals surface area contributed by atoms with Crippen molar-refractivity contribution in [3.05, 3.63) is 17.0 Å². The Bertz CT molecular complexity index is 705. The Kier molecular flexibility index (Phi) is 5.06. The van der Waals surface area contributed by atoms with Crippen LogP contribution in [0.2, 0.25) is 0 Å². The van der Waals surface area contributed by atoms with Crippen LogP contribution >= 0.6 is 0 Å². The van der Waals surface area contributed by atoms with Gasteiger partial charge in [0.15, 0.2) is 5.69 Å². The number of fused-ring (bicyclic) bond motifs is 1. The SMILES string of the molecule is CCn1nc(C(=O)N2CCCC3(CCN(C)CC3)C2)c2c1[C@H](C)O[C@H](C)C2. The highest BCUT2D eigenvalue weighted by Gasteiger charge is 2.41. The molecule has 0 unspecified atom stereocenters. The molecule has 0 aromatic carbocycles. The molecule has 0 aliphatic carbocycles.